The predicted octanol–water partition coefficient (Wildman–Crippen LogP) is 5.25. The standard InChI is InChI=1S/C19H20Br2O3/c20-11-1-13-23-17-7-3-15(4-8-17)19(22)16-5-9-18(10-6-16)24-14-2-12-21/h3-10H,1-2,11-14H2. The summed E-state index contributed by atoms with van der Waals surface area (Å²) >= 11 is 6.73. The molecule has 0 saturated heterocycles. The molecule has 128 valence electrons. The molecule has 0 saturated carbocycles. The zero-order chi connectivity index (χ0) is 17.2. The zero-order valence-electron chi connectivity index (χ0n) is 13.3. The first-order valence-corrected chi connectivity index (χ1v) is 10.1. The van der Waals surface area contributed by atoms with E-state index in [1.54, 1.807) is 24.3 Å². The van der Waals surface area contributed by atoms with Crippen LogP contribution < -0.4 is 9.47 Å². The Morgan fingerprint density at radius 3 is 1.42 bits per heavy atom. The summed E-state index contributed by atoms with van der Waals surface area (Å²) in [7, 11) is 0. The maximum absolute atomic E-state index is 12.5. The number of rotatable bonds is 10. The second-order valence-corrected chi connectivity index (χ2v) is 6.75. The van der Waals surface area contributed by atoms with Gasteiger partial charge in [0.05, 0.1) is 13.2 Å². The molecular weight excluding hydrogens is 436 g/mol. The molecule has 0 aliphatic heterocycles. The van der Waals surface area contributed by atoms with E-state index in [-0.39, 0.29) is 5.78 Å². The zero-order valence-corrected chi connectivity index (χ0v) is 16.5. The normalized spacial score (nSPS) is 10.4. The molecule has 3 nitrogen and oxygen atoms in total. The van der Waals surface area contributed by atoms with Crippen LogP contribution in [0.2, 0.25) is 0 Å². The van der Waals surface area contributed by atoms with Crippen molar-refractivity contribution >= 4 is 37.6 Å². The van der Waals surface area contributed by atoms with E-state index >= 15 is 0 Å². The van der Waals surface area contributed by atoms with Crippen molar-refractivity contribution in [3.8, 4) is 11.5 Å². The highest BCUT2D eigenvalue weighted by Crippen LogP contribution is 2.18. The van der Waals surface area contributed by atoms with E-state index < -0.39 is 0 Å². The Bertz CT molecular complexity index is 569. The lowest BCUT2D eigenvalue weighted by Crippen LogP contribution is -2.03. The molecule has 2 aromatic rings. The minimum atomic E-state index is -0.00554. The van der Waals surface area contributed by atoms with Gasteiger partial charge in [0.15, 0.2) is 5.78 Å². The van der Waals surface area contributed by atoms with Gasteiger partial charge < -0.3 is 9.47 Å². The second kappa shape index (κ2) is 10.5. The van der Waals surface area contributed by atoms with Gasteiger partial charge in [-0.3, -0.25) is 4.79 Å². The average molecular weight is 456 g/mol. The first-order chi connectivity index (χ1) is 11.7. The Kier molecular flexibility index (Phi) is 8.33. The lowest BCUT2D eigenvalue weighted by atomic mass is 10.0. The van der Waals surface area contributed by atoms with Crippen molar-refractivity contribution in [1.82, 2.24) is 0 Å². The molecule has 5 heteroatoms. The SMILES string of the molecule is O=C(c1ccc(OCCCBr)cc1)c1ccc(OCCCBr)cc1. The first kappa shape index (κ1) is 19.0. The lowest BCUT2D eigenvalue weighted by Gasteiger charge is -2.07. The summed E-state index contributed by atoms with van der Waals surface area (Å²) in [6.45, 7) is 1.32. The van der Waals surface area contributed by atoms with Gasteiger partial charge in [-0.05, 0) is 61.4 Å². The minimum Gasteiger partial charge on any atom is -0.494 e. The van der Waals surface area contributed by atoms with Crippen LogP contribution >= 0.6 is 31.9 Å². The average Bonchev–Trinajstić information content (AvgIpc) is 2.63. The maximum Gasteiger partial charge on any atom is 0.193 e. The van der Waals surface area contributed by atoms with Crippen LogP contribution in [0.1, 0.15) is 28.8 Å². The van der Waals surface area contributed by atoms with Crippen LogP contribution in [0.5, 0.6) is 11.5 Å². The number of hydrogen-bond acceptors (Lipinski definition) is 3. The van der Waals surface area contributed by atoms with Gasteiger partial charge in [0.2, 0.25) is 0 Å². The highest BCUT2D eigenvalue weighted by atomic mass is 79.9. The van der Waals surface area contributed by atoms with E-state index in [9.17, 15) is 4.79 Å². The first-order valence-electron chi connectivity index (χ1n) is 7.87. The fourth-order valence-corrected chi connectivity index (χ4v) is 2.52. The number of hydrogen-bond donors (Lipinski definition) is 0. The molecule has 0 aliphatic rings. The number of carbonyl (C=O) groups is 1. The second-order valence-electron chi connectivity index (χ2n) is 5.16. The highest BCUT2D eigenvalue weighted by molar-refractivity contribution is 9.09. The van der Waals surface area contributed by atoms with Crippen molar-refractivity contribution in [2.45, 2.75) is 12.8 Å². The minimum absolute atomic E-state index is 0.00554. The number of ketones is 1. The molecule has 0 aromatic heterocycles. The van der Waals surface area contributed by atoms with Crippen LogP contribution in [0.25, 0.3) is 0 Å². The van der Waals surface area contributed by atoms with Crippen molar-refractivity contribution in [1.29, 1.82) is 0 Å². The van der Waals surface area contributed by atoms with E-state index in [0.29, 0.717) is 24.3 Å². The topological polar surface area (TPSA) is 35.5 Å². The van der Waals surface area contributed by atoms with Crippen molar-refractivity contribution in [2.24, 2.45) is 0 Å². The van der Waals surface area contributed by atoms with Gasteiger partial charge in [-0.1, -0.05) is 31.9 Å². The number of carbonyl (C=O) groups excluding carboxylic acids is 1. The Morgan fingerprint density at radius 2 is 1.08 bits per heavy atom. The molecule has 0 spiro atoms. The van der Waals surface area contributed by atoms with Gasteiger partial charge in [-0.15, -0.1) is 0 Å². The van der Waals surface area contributed by atoms with Gasteiger partial charge in [0.1, 0.15) is 11.5 Å². The molecular formula is C19H20Br2O3. The van der Waals surface area contributed by atoms with E-state index in [4.69, 9.17) is 9.47 Å². The fraction of sp³-hybridized carbons (Fsp3) is 0.316. The number of benzene rings is 2. The van der Waals surface area contributed by atoms with Crippen LogP contribution in [-0.2, 0) is 0 Å². The molecule has 0 radical (unpaired) electrons. The summed E-state index contributed by atoms with van der Waals surface area (Å²) < 4.78 is 11.2. The monoisotopic (exact) mass is 454 g/mol. The summed E-state index contributed by atoms with van der Waals surface area (Å²) in [5, 5.41) is 1.83. The van der Waals surface area contributed by atoms with E-state index in [2.05, 4.69) is 31.9 Å². The summed E-state index contributed by atoms with van der Waals surface area (Å²) in [5.74, 6) is 1.56. The third-order valence-electron chi connectivity index (χ3n) is 3.33. The molecule has 0 aliphatic carbocycles. The summed E-state index contributed by atoms with van der Waals surface area (Å²) in [6, 6.07) is 14.5. The predicted molar refractivity (Wildman–Crippen MR) is 104 cm³/mol. The lowest BCUT2D eigenvalue weighted by molar-refractivity contribution is 0.103. The molecule has 0 heterocycles. The molecule has 24 heavy (non-hydrogen) atoms. The van der Waals surface area contributed by atoms with Crippen molar-refractivity contribution in [3.63, 3.8) is 0 Å². The molecule has 0 atom stereocenters. The summed E-state index contributed by atoms with van der Waals surface area (Å²) in [4.78, 5) is 12.5. The third-order valence-corrected chi connectivity index (χ3v) is 4.45. The van der Waals surface area contributed by atoms with Crippen molar-refractivity contribution in [3.05, 3.63) is 59.7 Å². The Hall–Kier alpha value is -1.33. The highest BCUT2D eigenvalue weighted by Gasteiger charge is 2.09. The van der Waals surface area contributed by atoms with Gasteiger partial charge >= 0.3 is 0 Å². The molecule has 0 unspecified atom stereocenters. The molecule has 0 bridgehead atoms. The summed E-state index contributed by atoms with van der Waals surface area (Å²) in [6.07, 6.45) is 1.90. The van der Waals surface area contributed by atoms with Crippen LogP contribution in [0, 0.1) is 0 Å². The van der Waals surface area contributed by atoms with Crippen LogP contribution in [0.4, 0.5) is 0 Å². The number of ether oxygens (including phenoxy) is 2. The van der Waals surface area contributed by atoms with Gasteiger partial charge in [-0.25, -0.2) is 0 Å². The fourth-order valence-electron chi connectivity index (χ4n) is 2.06. The Morgan fingerprint density at radius 1 is 0.708 bits per heavy atom. The van der Waals surface area contributed by atoms with Gasteiger partial charge in [-0.2, -0.15) is 0 Å². The third kappa shape index (κ3) is 5.95. The summed E-state index contributed by atoms with van der Waals surface area (Å²) in [5.41, 5.74) is 1.30. The van der Waals surface area contributed by atoms with Crippen LogP contribution in [-0.4, -0.2) is 29.7 Å². The quantitative estimate of drug-likeness (QED) is 0.279. The van der Waals surface area contributed by atoms with Gasteiger partial charge in [0.25, 0.3) is 0 Å². The molecule has 2 aromatic carbocycles. The number of halogens is 2. The van der Waals surface area contributed by atoms with E-state index in [0.717, 1.165) is 35.0 Å². The smallest absolute Gasteiger partial charge is 0.193 e. The Balaban J connectivity index is 1.95. The van der Waals surface area contributed by atoms with Crippen molar-refractivity contribution in [2.75, 3.05) is 23.9 Å². The molecule has 0 fully saturated rings. The van der Waals surface area contributed by atoms with Gasteiger partial charge in [0, 0.05) is 21.8 Å². The molecule has 2 rings (SSSR count). The Labute approximate surface area is 159 Å². The van der Waals surface area contributed by atoms with E-state index in [1.807, 2.05) is 24.3 Å². The van der Waals surface area contributed by atoms with Crippen LogP contribution in [0.15, 0.2) is 48.5 Å². The maximum atomic E-state index is 12.5. The van der Waals surface area contributed by atoms with E-state index in [1.165, 1.54) is 0 Å². The number of alkyl halides is 2. The molecule has 0 N–H and O–H groups in total. The van der Waals surface area contributed by atoms with Crippen LogP contribution in [0.3, 0.4) is 0 Å². The van der Waals surface area contributed by atoms with Crippen molar-refractivity contribution < 1.29 is 14.3 Å². The molecule has 0 amide bonds. The largest absolute Gasteiger partial charge is 0.494 e.